The quantitative estimate of drug-likeness (QED) is 0.663. The van der Waals surface area contributed by atoms with Gasteiger partial charge >= 0.3 is 5.97 Å². The van der Waals surface area contributed by atoms with Crippen LogP contribution >= 0.6 is 0 Å². The van der Waals surface area contributed by atoms with Crippen molar-refractivity contribution < 1.29 is 9.90 Å². The van der Waals surface area contributed by atoms with Crippen LogP contribution in [-0.4, -0.2) is 17.3 Å². The Morgan fingerprint density at radius 1 is 1.10 bits per heavy atom. The van der Waals surface area contributed by atoms with Gasteiger partial charge in [-0.1, -0.05) is 17.7 Å². The van der Waals surface area contributed by atoms with E-state index in [2.05, 4.69) is 43.4 Å². The summed E-state index contributed by atoms with van der Waals surface area (Å²) in [6, 6.07) is 10.7. The summed E-state index contributed by atoms with van der Waals surface area (Å²) in [4.78, 5) is 10.8. The third-order valence-electron chi connectivity index (χ3n) is 3.26. The minimum Gasteiger partial charge on any atom is -0.478 e. The first-order chi connectivity index (χ1) is 9.97. The first-order valence-electron chi connectivity index (χ1n) is 6.67. The molecular weight excluding hydrogens is 264 g/mol. The van der Waals surface area contributed by atoms with Crippen LogP contribution < -0.4 is 5.43 Å². The number of hydrazone groups is 1. The molecule has 0 heterocycles. The molecule has 2 rings (SSSR count). The van der Waals surface area contributed by atoms with E-state index in [-0.39, 0.29) is 5.56 Å². The van der Waals surface area contributed by atoms with Gasteiger partial charge in [-0.3, -0.25) is 5.43 Å². The van der Waals surface area contributed by atoms with E-state index >= 15 is 0 Å². The van der Waals surface area contributed by atoms with Gasteiger partial charge in [0, 0.05) is 5.56 Å². The Hall–Kier alpha value is -2.62. The van der Waals surface area contributed by atoms with E-state index in [4.69, 9.17) is 5.11 Å². The van der Waals surface area contributed by atoms with Gasteiger partial charge in [-0.05, 0) is 56.2 Å². The molecule has 0 radical (unpaired) electrons. The Bertz CT molecular complexity index is 665. The fraction of sp³-hybridized carbons (Fsp3) is 0.176. The Kier molecular flexibility index (Phi) is 4.38. The number of rotatable bonds is 4. The van der Waals surface area contributed by atoms with Crippen LogP contribution in [0.25, 0.3) is 0 Å². The third-order valence-corrected chi connectivity index (χ3v) is 3.26. The second-order valence-corrected chi connectivity index (χ2v) is 5.06. The van der Waals surface area contributed by atoms with Crippen molar-refractivity contribution in [1.29, 1.82) is 0 Å². The molecule has 0 aromatic heterocycles. The fourth-order valence-corrected chi connectivity index (χ4v) is 2.25. The van der Waals surface area contributed by atoms with Crippen molar-refractivity contribution in [2.24, 2.45) is 5.10 Å². The standard InChI is InChI=1S/C17H18N2O2/c1-11-8-12(2)16(13(3)9-11)10-18-19-15-6-4-14(5-7-15)17(20)21/h4-10,19H,1-3H3,(H,20,21)/b18-10+. The first-order valence-corrected chi connectivity index (χ1v) is 6.67. The topological polar surface area (TPSA) is 61.7 Å². The maximum atomic E-state index is 10.8. The van der Waals surface area contributed by atoms with Crippen molar-refractivity contribution in [3.63, 3.8) is 0 Å². The van der Waals surface area contributed by atoms with Crippen LogP contribution in [0.5, 0.6) is 0 Å². The molecule has 108 valence electrons. The Morgan fingerprint density at radius 2 is 1.67 bits per heavy atom. The molecular formula is C17H18N2O2. The zero-order chi connectivity index (χ0) is 15.4. The number of carbonyl (C=O) groups is 1. The Labute approximate surface area is 124 Å². The van der Waals surface area contributed by atoms with Crippen molar-refractivity contribution in [3.05, 3.63) is 64.2 Å². The summed E-state index contributed by atoms with van der Waals surface area (Å²) < 4.78 is 0. The van der Waals surface area contributed by atoms with Crippen LogP contribution in [0.15, 0.2) is 41.5 Å². The maximum absolute atomic E-state index is 10.8. The highest BCUT2D eigenvalue weighted by atomic mass is 16.4. The smallest absolute Gasteiger partial charge is 0.335 e. The highest BCUT2D eigenvalue weighted by Crippen LogP contribution is 2.15. The van der Waals surface area contributed by atoms with E-state index in [0.29, 0.717) is 0 Å². The number of aromatic carboxylic acids is 1. The number of carboxylic acids is 1. The van der Waals surface area contributed by atoms with Gasteiger partial charge in [0.25, 0.3) is 0 Å². The number of hydrogen-bond acceptors (Lipinski definition) is 3. The molecule has 0 fully saturated rings. The van der Waals surface area contributed by atoms with Gasteiger partial charge in [0.05, 0.1) is 17.5 Å². The van der Waals surface area contributed by atoms with E-state index in [0.717, 1.165) is 11.3 Å². The molecule has 0 amide bonds. The summed E-state index contributed by atoms with van der Waals surface area (Å²) in [5, 5.41) is 13.0. The van der Waals surface area contributed by atoms with Gasteiger partial charge in [0.15, 0.2) is 0 Å². The minimum absolute atomic E-state index is 0.259. The SMILES string of the molecule is Cc1cc(C)c(/C=N/Nc2ccc(C(=O)O)cc2)c(C)c1. The van der Waals surface area contributed by atoms with Crippen LogP contribution in [0.4, 0.5) is 5.69 Å². The predicted octanol–water partition coefficient (Wildman–Crippen LogP) is 3.76. The summed E-state index contributed by atoms with van der Waals surface area (Å²) in [5.41, 5.74) is 8.60. The summed E-state index contributed by atoms with van der Waals surface area (Å²) >= 11 is 0. The van der Waals surface area contributed by atoms with Gasteiger partial charge in [-0.2, -0.15) is 5.10 Å². The summed E-state index contributed by atoms with van der Waals surface area (Å²) in [7, 11) is 0. The van der Waals surface area contributed by atoms with Gasteiger partial charge in [-0.25, -0.2) is 4.79 Å². The largest absolute Gasteiger partial charge is 0.478 e. The zero-order valence-electron chi connectivity index (χ0n) is 12.3. The normalized spacial score (nSPS) is 10.8. The molecule has 4 heteroatoms. The van der Waals surface area contributed by atoms with Crippen molar-refractivity contribution in [1.82, 2.24) is 0 Å². The second kappa shape index (κ2) is 6.22. The minimum atomic E-state index is -0.934. The van der Waals surface area contributed by atoms with Crippen LogP contribution in [0, 0.1) is 20.8 Å². The van der Waals surface area contributed by atoms with Crippen molar-refractivity contribution in [2.45, 2.75) is 20.8 Å². The molecule has 2 aromatic carbocycles. The van der Waals surface area contributed by atoms with Gasteiger partial charge in [-0.15, -0.1) is 0 Å². The molecule has 2 N–H and O–H groups in total. The van der Waals surface area contributed by atoms with Crippen molar-refractivity contribution >= 4 is 17.9 Å². The lowest BCUT2D eigenvalue weighted by Gasteiger charge is -2.07. The molecule has 4 nitrogen and oxygen atoms in total. The fourth-order valence-electron chi connectivity index (χ4n) is 2.25. The van der Waals surface area contributed by atoms with E-state index in [9.17, 15) is 4.79 Å². The summed E-state index contributed by atoms with van der Waals surface area (Å²) in [6.07, 6.45) is 1.79. The molecule has 0 saturated heterocycles. The van der Waals surface area contributed by atoms with Crippen LogP contribution in [0.1, 0.15) is 32.6 Å². The number of carboxylic acid groups (broad SMARTS) is 1. The molecule has 0 aliphatic heterocycles. The number of nitrogens with one attached hydrogen (secondary N) is 1. The molecule has 0 bridgehead atoms. The van der Waals surface area contributed by atoms with Crippen LogP contribution in [-0.2, 0) is 0 Å². The lowest BCUT2D eigenvalue weighted by molar-refractivity contribution is 0.0697. The maximum Gasteiger partial charge on any atom is 0.335 e. The highest BCUT2D eigenvalue weighted by Gasteiger charge is 2.02. The lowest BCUT2D eigenvalue weighted by atomic mass is 10.0. The molecule has 0 spiro atoms. The summed E-state index contributed by atoms with van der Waals surface area (Å²) in [6.45, 7) is 6.19. The number of hydrogen-bond donors (Lipinski definition) is 2. The lowest BCUT2D eigenvalue weighted by Crippen LogP contribution is -1.98. The monoisotopic (exact) mass is 282 g/mol. The Balaban J connectivity index is 2.11. The zero-order valence-corrected chi connectivity index (χ0v) is 12.3. The van der Waals surface area contributed by atoms with E-state index in [1.165, 1.54) is 16.7 Å². The average molecular weight is 282 g/mol. The van der Waals surface area contributed by atoms with Gasteiger partial charge in [0.1, 0.15) is 0 Å². The predicted molar refractivity (Wildman–Crippen MR) is 85.3 cm³/mol. The van der Waals surface area contributed by atoms with Crippen LogP contribution in [0.2, 0.25) is 0 Å². The molecule has 0 atom stereocenters. The van der Waals surface area contributed by atoms with E-state index in [1.54, 1.807) is 30.5 Å². The van der Waals surface area contributed by atoms with E-state index in [1.807, 2.05) is 0 Å². The molecule has 0 aliphatic carbocycles. The van der Waals surface area contributed by atoms with Crippen molar-refractivity contribution in [2.75, 3.05) is 5.43 Å². The molecule has 21 heavy (non-hydrogen) atoms. The third kappa shape index (κ3) is 3.69. The molecule has 2 aromatic rings. The molecule has 0 unspecified atom stereocenters. The number of anilines is 1. The van der Waals surface area contributed by atoms with Gasteiger partial charge < -0.3 is 5.11 Å². The first kappa shape index (κ1) is 14.8. The number of benzene rings is 2. The Morgan fingerprint density at radius 3 is 2.19 bits per heavy atom. The molecule has 0 saturated carbocycles. The average Bonchev–Trinajstić information content (AvgIpc) is 2.42. The second-order valence-electron chi connectivity index (χ2n) is 5.06. The number of aryl methyl sites for hydroxylation is 3. The summed E-state index contributed by atoms with van der Waals surface area (Å²) in [5.74, 6) is -0.934. The van der Waals surface area contributed by atoms with E-state index < -0.39 is 5.97 Å². The molecule has 0 aliphatic rings. The van der Waals surface area contributed by atoms with Crippen molar-refractivity contribution in [3.8, 4) is 0 Å². The number of nitrogens with zero attached hydrogens (tertiary/aromatic N) is 1. The van der Waals surface area contributed by atoms with Gasteiger partial charge in [0.2, 0.25) is 0 Å². The van der Waals surface area contributed by atoms with Crippen LogP contribution in [0.3, 0.4) is 0 Å². The highest BCUT2D eigenvalue weighted by molar-refractivity contribution is 5.88.